The third-order valence-electron chi connectivity index (χ3n) is 2.29. The van der Waals surface area contributed by atoms with Crippen LogP contribution in [0.25, 0.3) is 0 Å². The van der Waals surface area contributed by atoms with Gasteiger partial charge in [-0.3, -0.25) is 14.3 Å². The topological polar surface area (TPSA) is 105 Å². The molecule has 2 atom stereocenters. The van der Waals surface area contributed by atoms with Crippen molar-refractivity contribution < 1.29 is 19.3 Å². The van der Waals surface area contributed by atoms with E-state index in [-0.39, 0.29) is 13.2 Å². The highest BCUT2D eigenvalue weighted by molar-refractivity contribution is 4.89. The molecule has 1 rings (SSSR count). The maximum absolute atomic E-state index is 14.1. The van der Waals surface area contributed by atoms with E-state index in [1.807, 2.05) is 4.98 Å². The van der Waals surface area contributed by atoms with Crippen molar-refractivity contribution in [1.29, 1.82) is 0 Å². The SMILES string of the molecule is C[C@@](F)(CO)[C@@H](OCCO)n1ccc(=O)[nH]c1=O. The Morgan fingerprint density at radius 2 is 2.22 bits per heavy atom. The molecule has 7 nitrogen and oxygen atoms in total. The summed E-state index contributed by atoms with van der Waals surface area (Å²) >= 11 is 0. The van der Waals surface area contributed by atoms with Gasteiger partial charge in [-0.25, -0.2) is 9.18 Å². The fourth-order valence-corrected chi connectivity index (χ4v) is 1.40. The molecule has 0 fully saturated rings. The van der Waals surface area contributed by atoms with Crippen LogP contribution in [0.15, 0.2) is 21.9 Å². The van der Waals surface area contributed by atoms with Crippen LogP contribution in [0.4, 0.5) is 4.39 Å². The number of ether oxygens (including phenoxy) is 1. The van der Waals surface area contributed by atoms with Gasteiger partial charge in [-0.2, -0.15) is 0 Å². The molecule has 18 heavy (non-hydrogen) atoms. The maximum Gasteiger partial charge on any atom is 0.330 e. The molecular weight excluding hydrogens is 247 g/mol. The van der Waals surface area contributed by atoms with Crippen LogP contribution in [0.3, 0.4) is 0 Å². The van der Waals surface area contributed by atoms with Crippen molar-refractivity contribution >= 4 is 0 Å². The average molecular weight is 262 g/mol. The largest absolute Gasteiger partial charge is 0.394 e. The Bertz CT molecular complexity index is 496. The van der Waals surface area contributed by atoms with Crippen LogP contribution in [0.1, 0.15) is 13.2 Å². The Morgan fingerprint density at radius 3 is 2.72 bits per heavy atom. The van der Waals surface area contributed by atoms with Crippen molar-refractivity contribution in [1.82, 2.24) is 9.55 Å². The number of hydrogen-bond acceptors (Lipinski definition) is 5. The zero-order valence-corrected chi connectivity index (χ0v) is 9.80. The average Bonchev–Trinajstić information content (AvgIpc) is 2.31. The molecular formula is C10H15FN2O5. The fourth-order valence-electron chi connectivity index (χ4n) is 1.40. The number of aromatic nitrogens is 2. The predicted octanol–water partition coefficient (Wildman–Crippen LogP) is -1.24. The van der Waals surface area contributed by atoms with E-state index in [4.69, 9.17) is 14.9 Å². The molecule has 0 aliphatic rings. The summed E-state index contributed by atoms with van der Waals surface area (Å²) in [7, 11) is 0. The number of aliphatic hydroxyl groups is 2. The van der Waals surface area contributed by atoms with Crippen molar-refractivity contribution in [2.45, 2.75) is 18.8 Å². The lowest BCUT2D eigenvalue weighted by Gasteiger charge is -2.29. The van der Waals surface area contributed by atoms with Gasteiger partial charge in [0.25, 0.3) is 5.56 Å². The van der Waals surface area contributed by atoms with E-state index in [1.165, 1.54) is 0 Å². The number of alkyl halides is 1. The van der Waals surface area contributed by atoms with Crippen LogP contribution in [-0.2, 0) is 4.74 Å². The molecule has 0 aliphatic carbocycles. The molecule has 0 aliphatic heterocycles. The lowest BCUT2D eigenvalue weighted by molar-refractivity contribution is -0.124. The zero-order valence-electron chi connectivity index (χ0n) is 9.80. The molecule has 0 spiro atoms. The quantitative estimate of drug-likeness (QED) is 0.595. The Balaban J connectivity index is 3.17. The van der Waals surface area contributed by atoms with Crippen LogP contribution in [0, 0.1) is 0 Å². The van der Waals surface area contributed by atoms with Crippen LogP contribution >= 0.6 is 0 Å². The second-order valence-corrected chi connectivity index (χ2v) is 3.90. The van der Waals surface area contributed by atoms with Gasteiger partial charge in [0.1, 0.15) is 0 Å². The van der Waals surface area contributed by atoms with E-state index in [2.05, 4.69) is 0 Å². The van der Waals surface area contributed by atoms with Crippen LogP contribution in [0.5, 0.6) is 0 Å². The number of aliphatic hydroxyl groups excluding tert-OH is 2. The number of nitrogens with one attached hydrogen (secondary N) is 1. The van der Waals surface area contributed by atoms with Crippen LogP contribution < -0.4 is 11.2 Å². The number of hydrogen-bond donors (Lipinski definition) is 3. The highest BCUT2D eigenvalue weighted by atomic mass is 19.1. The zero-order chi connectivity index (χ0) is 13.8. The van der Waals surface area contributed by atoms with Gasteiger partial charge >= 0.3 is 5.69 Å². The first-order chi connectivity index (χ1) is 8.42. The summed E-state index contributed by atoms with van der Waals surface area (Å²) in [5, 5.41) is 17.6. The second-order valence-electron chi connectivity index (χ2n) is 3.90. The Morgan fingerprint density at radius 1 is 1.56 bits per heavy atom. The molecule has 0 saturated heterocycles. The number of aromatic amines is 1. The molecule has 0 bridgehead atoms. The highest BCUT2D eigenvalue weighted by Gasteiger charge is 2.36. The van der Waals surface area contributed by atoms with Crippen molar-refractivity contribution in [2.75, 3.05) is 19.8 Å². The van der Waals surface area contributed by atoms with E-state index in [0.29, 0.717) is 0 Å². The maximum atomic E-state index is 14.1. The van der Waals surface area contributed by atoms with Crippen molar-refractivity contribution in [2.24, 2.45) is 0 Å². The summed E-state index contributed by atoms with van der Waals surface area (Å²) in [5.41, 5.74) is -3.72. The molecule has 0 amide bonds. The molecule has 0 unspecified atom stereocenters. The molecule has 1 heterocycles. The monoisotopic (exact) mass is 262 g/mol. The molecule has 0 saturated carbocycles. The van der Waals surface area contributed by atoms with E-state index in [9.17, 15) is 14.0 Å². The first kappa shape index (κ1) is 14.6. The summed E-state index contributed by atoms with van der Waals surface area (Å²) < 4.78 is 19.9. The van der Waals surface area contributed by atoms with Gasteiger partial charge < -0.3 is 14.9 Å². The Hall–Kier alpha value is -1.51. The highest BCUT2D eigenvalue weighted by Crippen LogP contribution is 2.26. The van der Waals surface area contributed by atoms with Crippen molar-refractivity contribution in [3.05, 3.63) is 33.1 Å². The lowest BCUT2D eigenvalue weighted by Crippen LogP contribution is -2.44. The summed E-state index contributed by atoms with van der Waals surface area (Å²) in [6, 6.07) is 1.03. The van der Waals surface area contributed by atoms with Crippen LogP contribution in [0.2, 0.25) is 0 Å². The number of H-pyrrole nitrogens is 1. The first-order valence-electron chi connectivity index (χ1n) is 5.26. The van der Waals surface area contributed by atoms with Gasteiger partial charge in [0.2, 0.25) is 0 Å². The van der Waals surface area contributed by atoms with E-state index < -0.39 is 29.8 Å². The fraction of sp³-hybridized carbons (Fsp3) is 0.600. The minimum Gasteiger partial charge on any atom is -0.394 e. The molecule has 1 aromatic heterocycles. The molecule has 8 heteroatoms. The van der Waals surface area contributed by atoms with Gasteiger partial charge in [0, 0.05) is 12.3 Å². The summed E-state index contributed by atoms with van der Waals surface area (Å²) in [6.45, 7) is -0.410. The van der Waals surface area contributed by atoms with Gasteiger partial charge in [-0.1, -0.05) is 0 Å². The minimum absolute atomic E-state index is 0.213. The normalized spacial score (nSPS) is 16.2. The number of nitrogens with zero attached hydrogens (tertiary/aromatic N) is 1. The summed E-state index contributed by atoms with van der Waals surface area (Å²) in [5.74, 6) is 0. The van der Waals surface area contributed by atoms with E-state index in [1.54, 1.807) is 0 Å². The van der Waals surface area contributed by atoms with Gasteiger partial charge in [0.05, 0.1) is 19.8 Å². The predicted molar refractivity (Wildman–Crippen MR) is 60.0 cm³/mol. The van der Waals surface area contributed by atoms with Gasteiger partial charge in [-0.05, 0) is 6.92 Å². The second kappa shape index (κ2) is 5.89. The molecule has 0 aromatic carbocycles. The van der Waals surface area contributed by atoms with E-state index >= 15 is 0 Å². The van der Waals surface area contributed by atoms with Crippen LogP contribution in [-0.4, -0.2) is 45.3 Å². The third kappa shape index (κ3) is 3.25. The van der Waals surface area contributed by atoms with Gasteiger partial charge in [0.15, 0.2) is 11.9 Å². The van der Waals surface area contributed by atoms with Crippen molar-refractivity contribution in [3.63, 3.8) is 0 Å². The Labute approximate surface area is 101 Å². The minimum atomic E-state index is -2.24. The smallest absolute Gasteiger partial charge is 0.330 e. The van der Waals surface area contributed by atoms with E-state index in [0.717, 1.165) is 23.8 Å². The lowest BCUT2D eigenvalue weighted by atomic mass is 10.1. The van der Waals surface area contributed by atoms with Crippen molar-refractivity contribution in [3.8, 4) is 0 Å². The molecule has 1 aromatic rings. The first-order valence-corrected chi connectivity index (χ1v) is 5.26. The summed E-state index contributed by atoms with van der Waals surface area (Å²) in [4.78, 5) is 24.4. The number of rotatable bonds is 6. The molecule has 3 N–H and O–H groups in total. The standard InChI is InChI=1S/C10H15FN2O5/c1-10(11,6-15)8(18-5-4-14)13-3-2-7(16)12-9(13)17/h2-3,8,14-15H,4-6H2,1H3,(H,12,16,17)/t8-,10-/m1/s1. The number of halogens is 1. The van der Waals surface area contributed by atoms with Gasteiger partial charge in [-0.15, -0.1) is 0 Å². The Kier molecular flexibility index (Phi) is 4.76. The molecule has 102 valence electrons. The third-order valence-corrected chi connectivity index (χ3v) is 2.29. The summed E-state index contributed by atoms with van der Waals surface area (Å²) in [6.07, 6.45) is -0.379. The molecule has 0 radical (unpaired) electrons.